The van der Waals surface area contributed by atoms with E-state index in [0.717, 1.165) is 5.69 Å². The highest BCUT2D eigenvalue weighted by Gasteiger charge is 2.63. The minimum absolute atomic E-state index is 0. The number of primary amides is 1. The van der Waals surface area contributed by atoms with Gasteiger partial charge in [0.05, 0.1) is 29.5 Å². The number of nitrogens with one attached hydrogen (secondary N) is 2. The highest BCUT2D eigenvalue weighted by molar-refractivity contribution is 6.25. The molecule has 0 saturated carbocycles. The molecule has 3 aliphatic rings. The number of nitrogens with zero attached hydrogens (tertiary/aromatic N) is 2. The van der Waals surface area contributed by atoms with Crippen LogP contribution in [0.3, 0.4) is 0 Å². The maximum atomic E-state index is 13.8. The minimum Gasteiger partial charge on any atom is -0.510 e. The molecule has 0 fully saturated rings. The number of aliphatic hydroxyl groups excluding tert-OH is 2. The normalized spacial score (nSPS) is 24.0. The maximum Gasteiger partial charge on any atom is 0.255 e. The molecule has 13 nitrogen and oxygen atoms in total. The number of ketones is 2. The number of phenols is 1. The highest BCUT2D eigenvalue weighted by atomic mass is 35.5. The van der Waals surface area contributed by atoms with Crippen molar-refractivity contribution in [2.24, 2.45) is 17.6 Å². The molecular weight excluding hydrogens is 617 g/mol. The van der Waals surface area contributed by atoms with Crippen molar-refractivity contribution in [2.75, 3.05) is 26.0 Å². The second kappa shape index (κ2) is 12.9. The lowest BCUT2D eigenvalue weighted by Crippen LogP contribution is -2.63. The number of carbonyl (C=O) groups excluding carboxylic acids is 4. The summed E-state index contributed by atoms with van der Waals surface area (Å²) in [6.07, 6.45) is 1.78. The summed E-state index contributed by atoms with van der Waals surface area (Å²) in [6.45, 7) is 0.223. The summed E-state index contributed by atoms with van der Waals surface area (Å²) in [4.78, 5) is 57.4. The van der Waals surface area contributed by atoms with Crippen LogP contribution >= 0.6 is 24.8 Å². The SMILES string of the molecule is CN(C)[C@@H]1C(O)=C(C(N)=O)C(=O)[C@@]2(O)C(O)=C3C(=O)c4c(ccc(NC(=O)CNCc5ccccn5)c4O)CC3CC12.Cl.Cl. The standard InChI is InChI=1S/C29H31N5O8.2ClH/c1-34(2)22-16-10-14-9-13-6-7-17(33-18(35)12-31-11-15-5-3-4-8-32-15)23(36)19(13)24(37)20(14)26(39)29(16,42)27(40)21(25(22)38)28(30)41;;/h3-8,14,16,22,31,36,38-39,42H,9-12H2,1-2H3,(H2,30,41)(H,33,35);2*1H/t14?,16?,22-,29-;;/m0../s1. The second-order valence-electron chi connectivity index (χ2n) is 10.9. The summed E-state index contributed by atoms with van der Waals surface area (Å²) in [7, 11) is 3.13. The van der Waals surface area contributed by atoms with Gasteiger partial charge in [0.1, 0.15) is 17.1 Å². The molecule has 0 spiro atoms. The third-order valence-corrected chi connectivity index (χ3v) is 8.19. The summed E-state index contributed by atoms with van der Waals surface area (Å²) in [5.41, 5.74) is 2.44. The van der Waals surface area contributed by atoms with Crippen molar-refractivity contribution in [1.29, 1.82) is 0 Å². The van der Waals surface area contributed by atoms with Gasteiger partial charge in [-0.25, -0.2) is 0 Å². The predicted molar refractivity (Wildman–Crippen MR) is 163 cm³/mol. The fraction of sp³-hybridized carbons (Fsp3) is 0.345. The number of phenolic OH excluding ortho intramolecular Hbond substituents is 1. The highest BCUT2D eigenvalue weighted by Crippen LogP contribution is 2.52. The Morgan fingerprint density at radius 2 is 1.82 bits per heavy atom. The molecule has 2 aromatic rings. The Balaban J connectivity index is 0.00000264. The summed E-state index contributed by atoms with van der Waals surface area (Å²) < 4.78 is 0. The fourth-order valence-electron chi connectivity index (χ4n) is 6.33. The van der Waals surface area contributed by atoms with Gasteiger partial charge < -0.3 is 36.8 Å². The van der Waals surface area contributed by atoms with Crippen molar-refractivity contribution in [3.63, 3.8) is 0 Å². The third-order valence-electron chi connectivity index (χ3n) is 8.19. The van der Waals surface area contributed by atoms with Gasteiger partial charge in [0, 0.05) is 24.2 Å². The fourth-order valence-corrected chi connectivity index (χ4v) is 6.33. The van der Waals surface area contributed by atoms with Crippen LogP contribution in [0.2, 0.25) is 0 Å². The van der Waals surface area contributed by atoms with E-state index in [1.54, 1.807) is 38.5 Å². The quantitative estimate of drug-likeness (QED) is 0.166. The lowest BCUT2D eigenvalue weighted by atomic mass is 9.58. The molecule has 8 N–H and O–H groups in total. The minimum atomic E-state index is -2.72. The van der Waals surface area contributed by atoms with Crippen LogP contribution in [0.5, 0.6) is 5.75 Å². The molecule has 0 aliphatic heterocycles. The summed E-state index contributed by atoms with van der Waals surface area (Å²) in [6, 6.07) is 7.36. The molecule has 0 saturated heterocycles. The smallest absolute Gasteiger partial charge is 0.255 e. The van der Waals surface area contributed by atoms with Crippen LogP contribution in [0.15, 0.2) is 59.2 Å². The lowest BCUT2D eigenvalue weighted by Gasteiger charge is -2.50. The van der Waals surface area contributed by atoms with Gasteiger partial charge >= 0.3 is 0 Å². The number of hydrogen-bond donors (Lipinski definition) is 7. The summed E-state index contributed by atoms with van der Waals surface area (Å²) >= 11 is 0. The summed E-state index contributed by atoms with van der Waals surface area (Å²) in [5.74, 6) is -7.80. The molecule has 2 unspecified atom stereocenters. The van der Waals surface area contributed by atoms with Gasteiger partial charge in [-0.2, -0.15) is 0 Å². The van der Waals surface area contributed by atoms with Crippen LogP contribution in [0, 0.1) is 11.8 Å². The van der Waals surface area contributed by atoms with Gasteiger partial charge in [-0.1, -0.05) is 12.1 Å². The number of anilines is 1. The van der Waals surface area contributed by atoms with Crippen LogP contribution in [0.25, 0.3) is 0 Å². The Bertz CT molecular complexity index is 1580. The first kappa shape index (κ1) is 34.5. The van der Waals surface area contributed by atoms with E-state index in [4.69, 9.17) is 5.73 Å². The Morgan fingerprint density at radius 1 is 1.11 bits per heavy atom. The number of halogens is 2. The van der Waals surface area contributed by atoms with Gasteiger partial charge in [0.15, 0.2) is 17.1 Å². The van der Waals surface area contributed by atoms with Crippen molar-refractivity contribution in [3.05, 3.63) is 76.0 Å². The molecule has 1 aromatic carbocycles. The molecule has 0 radical (unpaired) electrons. The topological polar surface area (TPSA) is 215 Å². The average Bonchev–Trinajstić information content (AvgIpc) is 2.92. The summed E-state index contributed by atoms with van der Waals surface area (Å²) in [5, 5.41) is 50.4. The van der Waals surface area contributed by atoms with Gasteiger partial charge in [-0.15, -0.1) is 24.8 Å². The molecule has 44 heavy (non-hydrogen) atoms. The van der Waals surface area contributed by atoms with E-state index < -0.39 is 69.7 Å². The molecule has 1 heterocycles. The number of amides is 2. The van der Waals surface area contributed by atoms with Crippen LogP contribution < -0.4 is 16.4 Å². The number of Topliss-reactive ketones (excluding diaryl/α,β-unsaturated/α-hetero) is 2. The molecule has 1 aromatic heterocycles. The Hall–Kier alpha value is -4.01. The molecule has 4 atom stereocenters. The van der Waals surface area contributed by atoms with Crippen molar-refractivity contribution >= 4 is 53.9 Å². The first-order chi connectivity index (χ1) is 19.9. The number of pyridine rings is 1. The zero-order valence-electron chi connectivity index (χ0n) is 23.7. The van der Waals surface area contributed by atoms with Crippen LogP contribution in [-0.2, 0) is 27.3 Å². The molecule has 2 amide bonds. The average molecular weight is 651 g/mol. The molecule has 3 aliphatic carbocycles. The van der Waals surface area contributed by atoms with E-state index in [0.29, 0.717) is 12.1 Å². The van der Waals surface area contributed by atoms with E-state index in [2.05, 4.69) is 15.6 Å². The molecule has 0 bridgehead atoms. The van der Waals surface area contributed by atoms with Crippen molar-refractivity contribution in [1.82, 2.24) is 15.2 Å². The maximum absolute atomic E-state index is 13.8. The Labute approximate surface area is 264 Å². The number of benzene rings is 1. The van der Waals surface area contributed by atoms with Crippen LogP contribution in [0.1, 0.15) is 28.0 Å². The van der Waals surface area contributed by atoms with Crippen LogP contribution in [-0.4, -0.2) is 86.0 Å². The molecular formula is C29H33Cl2N5O8. The second-order valence-corrected chi connectivity index (χ2v) is 10.9. The van der Waals surface area contributed by atoms with E-state index in [9.17, 15) is 39.6 Å². The number of rotatable bonds is 7. The van der Waals surface area contributed by atoms with Crippen molar-refractivity contribution < 1.29 is 39.6 Å². The zero-order valence-corrected chi connectivity index (χ0v) is 25.4. The Morgan fingerprint density at radius 3 is 2.43 bits per heavy atom. The number of hydrogen-bond acceptors (Lipinski definition) is 11. The van der Waals surface area contributed by atoms with Crippen molar-refractivity contribution in [3.8, 4) is 5.75 Å². The Kier molecular flexibility index (Phi) is 10.1. The predicted octanol–water partition coefficient (Wildman–Crippen LogP) is 1.09. The molecule has 5 rings (SSSR count). The number of likely N-dealkylation sites (N-methyl/N-ethyl adjacent to an activating group) is 1. The zero-order chi connectivity index (χ0) is 30.5. The molecule has 15 heteroatoms. The number of nitrogens with two attached hydrogens (primary N) is 1. The number of aromatic nitrogens is 1. The monoisotopic (exact) mass is 649 g/mol. The number of carbonyl (C=O) groups is 4. The first-order valence-corrected chi connectivity index (χ1v) is 13.3. The van der Waals surface area contributed by atoms with Gasteiger partial charge in [-0.05, 0) is 56.6 Å². The van der Waals surface area contributed by atoms with E-state index >= 15 is 0 Å². The first-order valence-electron chi connectivity index (χ1n) is 13.3. The number of allylic oxidation sites excluding steroid dienone is 1. The lowest BCUT2D eigenvalue weighted by molar-refractivity contribution is -0.148. The van der Waals surface area contributed by atoms with E-state index in [1.807, 2.05) is 6.07 Å². The third kappa shape index (κ3) is 5.53. The van der Waals surface area contributed by atoms with Gasteiger partial charge in [0.2, 0.25) is 11.7 Å². The van der Waals surface area contributed by atoms with Gasteiger partial charge in [-0.3, -0.25) is 29.1 Å². The van der Waals surface area contributed by atoms with Crippen LogP contribution in [0.4, 0.5) is 5.69 Å². The van der Waals surface area contributed by atoms with Gasteiger partial charge in [0.25, 0.3) is 5.91 Å². The largest absolute Gasteiger partial charge is 0.510 e. The molecule has 236 valence electrons. The van der Waals surface area contributed by atoms with E-state index in [-0.39, 0.29) is 61.0 Å². The van der Waals surface area contributed by atoms with Crippen molar-refractivity contribution in [2.45, 2.75) is 31.0 Å². The number of fused-ring (bicyclic) bond motifs is 3. The number of aliphatic hydroxyl groups is 3. The number of aromatic hydroxyl groups is 1. The van der Waals surface area contributed by atoms with E-state index in [1.165, 1.54) is 11.0 Å².